The Balaban J connectivity index is 1.75. The predicted molar refractivity (Wildman–Crippen MR) is 92.3 cm³/mol. The third-order valence-electron chi connectivity index (χ3n) is 2.92. The van der Waals surface area contributed by atoms with Crippen LogP contribution in [0.2, 0.25) is 0 Å². The molecule has 0 radical (unpaired) electrons. The number of nitrogens with one attached hydrogen (secondary N) is 3. The lowest BCUT2D eigenvalue weighted by Gasteiger charge is -2.11. The molecule has 0 bridgehead atoms. The van der Waals surface area contributed by atoms with Gasteiger partial charge in [-0.3, -0.25) is 9.79 Å². The number of carbonyl (C=O) groups excluding carboxylic acids is 1. The topological polar surface area (TPSA) is 65.5 Å². The second-order valence-corrected chi connectivity index (χ2v) is 6.08. The average Bonchev–Trinajstić information content (AvgIpc) is 2.94. The number of nitrogens with zero attached hydrogens (tertiary/aromatic N) is 1. The van der Waals surface area contributed by atoms with Gasteiger partial charge >= 0.3 is 0 Å². The molecule has 0 saturated carbocycles. The minimum Gasteiger partial charge on any atom is -0.352 e. The van der Waals surface area contributed by atoms with E-state index in [0.717, 1.165) is 5.69 Å². The molecule has 1 aromatic carbocycles. The van der Waals surface area contributed by atoms with Gasteiger partial charge in [-0.2, -0.15) is 0 Å². The molecule has 0 spiro atoms. The van der Waals surface area contributed by atoms with Crippen LogP contribution in [0.1, 0.15) is 9.75 Å². The maximum absolute atomic E-state index is 11.9. The van der Waals surface area contributed by atoms with E-state index in [0.29, 0.717) is 12.5 Å². The molecular weight excluding hydrogens is 296 g/mol. The molecule has 5 nitrogen and oxygen atoms in total. The monoisotopic (exact) mass is 316 g/mol. The van der Waals surface area contributed by atoms with E-state index in [4.69, 9.17) is 0 Å². The lowest BCUT2D eigenvalue weighted by Crippen LogP contribution is -2.40. The van der Waals surface area contributed by atoms with Crippen LogP contribution in [0.4, 0.5) is 5.69 Å². The molecule has 2 rings (SSSR count). The van der Waals surface area contributed by atoms with Gasteiger partial charge in [0.05, 0.1) is 13.1 Å². The van der Waals surface area contributed by atoms with Crippen LogP contribution in [0.15, 0.2) is 47.5 Å². The zero-order chi connectivity index (χ0) is 15.8. The van der Waals surface area contributed by atoms with E-state index in [1.165, 1.54) is 9.75 Å². The van der Waals surface area contributed by atoms with Gasteiger partial charge < -0.3 is 16.0 Å². The fraction of sp³-hybridized carbons (Fsp3) is 0.250. The molecule has 0 saturated heterocycles. The van der Waals surface area contributed by atoms with Crippen LogP contribution in [0.3, 0.4) is 0 Å². The summed E-state index contributed by atoms with van der Waals surface area (Å²) in [7, 11) is 1.68. The first-order chi connectivity index (χ1) is 10.7. The highest BCUT2D eigenvalue weighted by atomic mass is 32.1. The maximum atomic E-state index is 11.9. The van der Waals surface area contributed by atoms with Crippen LogP contribution >= 0.6 is 11.3 Å². The second kappa shape index (κ2) is 8.19. The van der Waals surface area contributed by atoms with Gasteiger partial charge in [0.25, 0.3) is 0 Å². The summed E-state index contributed by atoms with van der Waals surface area (Å²) >= 11 is 1.74. The molecule has 0 aliphatic carbocycles. The first kappa shape index (κ1) is 16.0. The Kier molecular flexibility index (Phi) is 5.97. The number of para-hydroxylation sites is 1. The minimum absolute atomic E-state index is 0.110. The van der Waals surface area contributed by atoms with Crippen LogP contribution < -0.4 is 16.0 Å². The summed E-state index contributed by atoms with van der Waals surface area (Å²) in [6.07, 6.45) is 0. The summed E-state index contributed by atoms with van der Waals surface area (Å²) in [5.74, 6) is 0.496. The Morgan fingerprint density at radius 1 is 1.14 bits per heavy atom. The molecule has 0 aliphatic heterocycles. The van der Waals surface area contributed by atoms with E-state index < -0.39 is 0 Å². The lowest BCUT2D eigenvalue weighted by molar-refractivity contribution is -0.115. The number of aliphatic imine (C=N–C) groups is 1. The molecule has 0 aliphatic rings. The Hall–Kier alpha value is -2.34. The van der Waals surface area contributed by atoms with Crippen molar-refractivity contribution < 1.29 is 4.79 Å². The van der Waals surface area contributed by atoms with E-state index in [-0.39, 0.29) is 12.5 Å². The number of aryl methyl sites for hydroxylation is 1. The van der Waals surface area contributed by atoms with Gasteiger partial charge in [-0.1, -0.05) is 18.2 Å². The first-order valence-corrected chi connectivity index (χ1v) is 7.84. The van der Waals surface area contributed by atoms with Gasteiger partial charge in [-0.05, 0) is 31.2 Å². The molecule has 2 aromatic rings. The van der Waals surface area contributed by atoms with Crippen LogP contribution in [0, 0.1) is 6.92 Å². The van der Waals surface area contributed by atoms with Crippen molar-refractivity contribution in [2.75, 3.05) is 18.9 Å². The molecule has 3 N–H and O–H groups in total. The third kappa shape index (κ3) is 5.21. The van der Waals surface area contributed by atoms with Crippen molar-refractivity contribution in [1.82, 2.24) is 10.6 Å². The van der Waals surface area contributed by atoms with E-state index in [1.54, 1.807) is 18.4 Å². The normalized spacial score (nSPS) is 11.1. The first-order valence-electron chi connectivity index (χ1n) is 7.02. The van der Waals surface area contributed by atoms with Crippen LogP contribution in [-0.2, 0) is 11.3 Å². The SMILES string of the molecule is CN=C(NCC(=O)Nc1ccccc1)NCc1ccc(C)s1. The molecule has 0 fully saturated rings. The molecule has 0 atom stereocenters. The van der Waals surface area contributed by atoms with Crippen molar-refractivity contribution in [2.24, 2.45) is 4.99 Å². The molecule has 6 heteroatoms. The largest absolute Gasteiger partial charge is 0.352 e. The highest BCUT2D eigenvalue weighted by Crippen LogP contribution is 2.14. The second-order valence-electron chi connectivity index (χ2n) is 4.71. The number of guanidine groups is 1. The number of rotatable bonds is 5. The highest BCUT2D eigenvalue weighted by molar-refractivity contribution is 7.11. The summed E-state index contributed by atoms with van der Waals surface area (Å²) in [4.78, 5) is 18.5. The summed E-state index contributed by atoms with van der Waals surface area (Å²) in [5, 5.41) is 9.00. The number of hydrogen-bond acceptors (Lipinski definition) is 3. The van der Waals surface area contributed by atoms with Gasteiger partial charge in [-0.25, -0.2) is 0 Å². The van der Waals surface area contributed by atoms with Gasteiger partial charge in [0.1, 0.15) is 0 Å². The molecule has 116 valence electrons. The van der Waals surface area contributed by atoms with Gasteiger partial charge in [0, 0.05) is 22.5 Å². The number of thiophene rings is 1. The Bertz CT molecular complexity index is 637. The van der Waals surface area contributed by atoms with Crippen molar-refractivity contribution >= 4 is 28.9 Å². The van der Waals surface area contributed by atoms with Crippen molar-refractivity contribution in [3.05, 3.63) is 52.2 Å². The van der Waals surface area contributed by atoms with Crippen molar-refractivity contribution in [2.45, 2.75) is 13.5 Å². The van der Waals surface area contributed by atoms with Crippen molar-refractivity contribution in [3.8, 4) is 0 Å². The van der Waals surface area contributed by atoms with E-state index >= 15 is 0 Å². The average molecular weight is 316 g/mol. The number of anilines is 1. The lowest BCUT2D eigenvalue weighted by atomic mass is 10.3. The van der Waals surface area contributed by atoms with E-state index in [9.17, 15) is 4.79 Å². The number of carbonyl (C=O) groups is 1. The Morgan fingerprint density at radius 2 is 1.91 bits per heavy atom. The summed E-state index contributed by atoms with van der Waals surface area (Å²) in [5.41, 5.74) is 0.784. The molecule has 1 amide bonds. The number of hydrogen-bond donors (Lipinski definition) is 3. The minimum atomic E-state index is -0.110. The van der Waals surface area contributed by atoms with Crippen LogP contribution in [-0.4, -0.2) is 25.5 Å². The van der Waals surface area contributed by atoms with Gasteiger partial charge in [0.15, 0.2) is 5.96 Å². The van der Waals surface area contributed by atoms with Gasteiger partial charge in [-0.15, -0.1) is 11.3 Å². The highest BCUT2D eigenvalue weighted by Gasteiger charge is 2.04. The molecule has 1 heterocycles. The zero-order valence-corrected chi connectivity index (χ0v) is 13.5. The number of benzene rings is 1. The van der Waals surface area contributed by atoms with Crippen molar-refractivity contribution in [3.63, 3.8) is 0 Å². The van der Waals surface area contributed by atoms with Crippen LogP contribution in [0.25, 0.3) is 0 Å². The summed E-state index contributed by atoms with van der Waals surface area (Å²) in [6, 6.07) is 13.5. The van der Waals surface area contributed by atoms with Crippen molar-refractivity contribution in [1.29, 1.82) is 0 Å². The van der Waals surface area contributed by atoms with E-state index in [1.807, 2.05) is 30.3 Å². The molecule has 1 aromatic heterocycles. The standard InChI is InChI=1S/C16H20N4OS/c1-12-8-9-14(22-12)10-18-16(17-2)19-11-15(21)20-13-6-4-3-5-7-13/h3-9H,10-11H2,1-2H3,(H,20,21)(H2,17,18,19). The molecule has 22 heavy (non-hydrogen) atoms. The predicted octanol–water partition coefficient (Wildman–Crippen LogP) is 2.36. The van der Waals surface area contributed by atoms with Gasteiger partial charge in [0.2, 0.25) is 5.91 Å². The summed E-state index contributed by atoms with van der Waals surface area (Å²) in [6.45, 7) is 2.94. The van der Waals surface area contributed by atoms with E-state index in [2.05, 4.69) is 40.0 Å². The van der Waals surface area contributed by atoms with Crippen LogP contribution in [0.5, 0.6) is 0 Å². The Labute approximate surface area is 134 Å². The zero-order valence-electron chi connectivity index (χ0n) is 12.7. The maximum Gasteiger partial charge on any atom is 0.243 e. The smallest absolute Gasteiger partial charge is 0.243 e. The quantitative estimate of drug-likeness (QED) is 0.586. The Morgan fingerprint density at radius 3 is 2.55 bits per heavy atom. The molecular formula is C16H20N4OS. The fourth-order valence-electron chi connectivity index (χ4n) is 1.86. The molecule has 0 unspecified atom stereocenters. The fourth-order valence-corrected chi connectivity index (χ4v) is 2.69. The number of amides is 1. The summed E-state index contributed by atoms with van der Waals surface area (Å²) < 4.78 is 0. The third-order valence-corrected chi connectivity index (χ3v) is 3.92.